The van der Waals surface area contributed by atoms with E-state index in [0.29, 0.717) is 12.1 Å². The second-order valence-corrected chi connectivity index (χ2v) is 3.01. The molecule has 0 aromatic heterocycles. The minimum absolute atomic E-state index is 0.473. The second-order valence-electron chi connectivity index (χ2n) is 3.01. The number of nitrogens with zero attached hydrogens (tertiary/aromatic N) is 1. The topological polar surface area (TPSA) is 66.6 Å². The molecular weight excluding hydrogens is 180 g/mol. The first-order valence-electron chi connectivity index (χ1n) is 4.48. The summed E-state index contributed by atoms with van der Waals surface area (Å²) in [5.41, 5.74) is 0.710. The van der Waals surface area contributed by atoms with Gasteiger partial charge in [-0.25, -0.2) is 10.6 Å². The zero-order valence-corrected chi connectivity index (χ0v) is 8.05. The molecule has 1 rings (SSSR count). The molecule has 0 spiro atoms. The summed E-state index contributed by atoms with van der Waals surface area (Å²) < 4.78 is 0. The lowest BCUT2D eigenvalue weighted by molar-refractivity contribution is -0.138. The van der Waals surface area contributed by atoms with Crippen LogP contribution in [-0.2, 0) is 4.79 Å². The molecule has 0 aliphatic rings. The van der Waals surface area contributed by atoms with E-state index in [4.69, 9.17) is 10.9 Å². The Kier molecular flexibility index (Phi) is 3.48. The fourth-order valence-electron chi connectivity index (χ4n) is 1.27. The third-order valence-corrected chi connectivity index (χ3v) is 2.06. The van der Waals surface area contributed by atoms with Crippen molar-refractivity contribution in [3.05, 3.63) is 30.3 Å². The van der Waals surface area contributed by atoms with Crippen molar-refractivity contribution in [2.75, 3.05) is 5.01 Å². The highest BCUT2D eigenvalue weighted by Crippen LogP contribution is 2.13. The van der Waals surface area contributed by atoms with E-state index in [1.54, 1.807) is 19.1 Å². The molecule has 1 aromatic carbocycles. The maximum absolute atomic E-state index is 10.8. The molecule has 0 saturated heterocycles. The molecule has 4 nitrogen and oxygen atoms in total. The van der Waals surface area contributed by atoms with Crippen LogP contribution in [0.3, 0.4) is 0 Å². The molecule has 1 atom stereocenters. The van der Waals surface area contributed by atoms with Crippen LogP contribution in [0, 0.1) is 0 Å². The Morgan fingerprint density at radius 3 is 2.50 bits per heavy atom. The lowest BCUT2D eigenvalue weighted by Crippen LogP contribution is -2.45. The van der Waals surface area contributed by atoms with Crippen LogP contribution < -0.4 is 10.9 Å². The summed E-state index contributed by atoms with van der Waals surface area (Å²) in [5, 5.41) is 10.2. The number of hydrazine groups is 1. The normalized spacial score (nSPS) is 12.1. The number of aliphatic carboxylic acids is 1. The number of carboxylic acid groups (broad SMARTS) is 1. The number of anilines is 1. The highest BCUT2D eigenvalue weighted by molar-refractivity contribution is 5.77. The average Bonchev–Trinajstić information content (AvgIpc) is 2.19. The summed E-state index contributed by atoms with van der Waals surface area (Å²) in [6.45, 7) is 1.79. The van der Waals surface area contributed by atoms with E-state index >= 15 is 0 Å². The Morgan fingerprint density at radius 2 is 2.07 bits per heavy atom. The number of rotatable bonds is 4. The van der Waals surface area contributed by atoms with Gasteiger partial charge in [0.05, 0.1) is 5.69 Å². The third kappa shape index (κ3) is 2.23. The molecule has 0 heterocycles. The Morgan fingerprint density at radius 1 is 1.50 bits per heavy atom. The van der Waals surface area contributed by atoms with E-state index in [9.17, 15) is 4.79 Å². The van der Waals surface area contributed by atoms with Crippen LogP contribution in [0.4, 0.5) is 5.69 Å². The van der Waals surface area contributed by atoms with Gasteiger partial charge in [0.1, 0.15) is 6.04 Å². The van der Waals surface area contributed by atoms with Gasteiger partial charge in [0.25, 0.3) is 0 Å². The lowest BCUT2D eigenvalue weighted by atomic mass is 10.2. The maximum Gasteiger partial charge on any atom is 0.327 e. The number of hydrogen-bond acceptors (Lipinski definition) is 3. The Balaban J connectivity index is 2.83. The van der Waals surface area contributed by atoms with Crippen molar-refractivity contribution in [3.63, 3.8) is 0 Å². The smallest absolute Gasteiger partial charge is 0.327 e. The maximum atomic E-state index is 10.8. The summed E-state index contributed by atoms with van der Waals surface area (Å²) in [7, 11) is 0. The minimum atomic E-state index is -0.904. The molecule has 3 N–H and O–H groups in total. The summed E-state index contributed by atoms with van der Waals surface area (Å²) in [6, 6.07) is 8.40. The first kappa shape index (κ1) is 10.5. The summed E-state index contributed by atoms with van der Waals surface area (Å²) in [6.07, 6.45) is 0.473. The van der Waals surface area contributed by atoms with Gasteiger partial charge in [-0.2, -0.15) is 0 Å². The number of carbonyl (C=O) groups is 1. The van der Waals surface area contributed by atoms with Gasteiger partial charge in [0.2, 0.25) is 0 Å². The number of carboxylic acids is 1. The van der Waals surface area contributed by atoms with Gasteiger partial charge < -0.3 is 5.11 Å². The van der Waals surface area contributed by atoms with E-state index in [1.807, 2.05) is 18.2 Å². The average molecular weight is 194 g/mol. The first-order chi connectivity index (χ1) is 6.66. The van der Waals surface area contributed by atoms with Gasteiger partial charge in [-0.1, -0.05) is 25.1 Å². The molecule has 0 amide bonds. The van der Waals surface area contributed by atoms with Crippen molar-refractivity contribution in [1.29, 1.82) is 0 Å². The van der Waals surface area contributed by atoms with Crippen molar-refractivity contribution in [1.82, 2.24) is 0 Å². The number of nitrogens with two attached hydrogens (primary N) is 1. The quantitative estimate of drug-likeness (QED) is 0.559. The fourth-order valence-corrected chi connectivity index (χ4v) is 1.27. The van der Waals surface area contributed by atoms with Crippen LogP contribution >= 0.6 is 0 Å². The SMILES string of the molecule is CCC(C(=O)O)N(N)c1ccccc1. The fraction of sp³-hybridized carbons (Fsp3) is 0.300. The van der Waals surface area contributed by atoms with Crippen LogP contribution in [0.1, 0.15) is 13.3 Å². The molecular formula is C10H14N2O2. The highest BCUT2D eigenvalue weighted by Gasteiger charge is 2.21. The van der Waals surface area contributed by atoms with Gasteiger partial charge in [-0.3, -0.25) is 5.01 Å². The van der Waals surface area contributed by atoms with Crippen molar-refractivity contribution in [3.8, 4) is 0 Å². The van der Waals surface area contributed by atoms with Crippen LogP contribution in [0.5, 0.6) is 0 Å². The number of hydrogen-bond donors (Lipinski definition) is 2. The monoisotopic (exact) mass is 194 g/mol. The van der Waals surface area contributed by atoms with Gasteiger partial charge >= 0.3 is 5.97 Å². The van der Waals surface area contributed by atoms with Gasteiger partial charge in [0.15, 0.2) is 0 Å². The van der Waals surface area contributed by atoms with Crippen LogP contribution in [0.2, 0.25) is 0 Å². The largest absolute Gasteiger partial charge is 0.480 e. The van der Waals surface area contributed by atoms with Gasteiger partial charge in [-0.15, -0.1) is 0 Å². The molecule has 1 unspecified atom stereocenters. The summed E-state index contributed by atoms with van der Waals surface area (Å²) >= 11 is 0. The molecule has 0 aliphatic heterocycles. The molecule has 0 saturated carbocycles. The molecule has 0 fully saturated rings. The predicted octanol–water partition coefficient (Wildman–Crippen LogP) is 1.23. The molecule has 76 valence electrons. The molecule has 0 aliphatic carbocycles. The predicted molar refractivity (Wildman–Crippen MR) is 54.8 cm³/mol. The molecule has 14 heavy (non-hydrogen) atoms. The van der Waals surface area contributed by atoms with Gasteiger partial charge in [0, 0.05) is 0 Å². The van der Waals surface area contributed by atoms with Crippen molar-refractivity contribution in [2.24, 2.45) is 5.84 Å². The zero-order chi connectivity index (χ0) is 10.6. The Bertz CT molecular complexity index is 300. The zero-order valence-electron chi connectivity index (χ0n) is 8.05. The van der Waals surface area contributed by atoms with Crippen LogP contribution in [-0.4, -0.2) is 17.1 Å². The number of para-hydroxylation sites is 1. The third-order valence-electron chi connectivity index (χ3n) is 2.06. The van der Waals surface area contributed by atoms with E-state index in [1.165, 1.54) is 5.01 Å². The molecule has 1 aromatic rings. The van der Waals surface area contributed by atoms with E-state index < -0.39 is 12.0 Å². The van der Waals surface area contributed by atoms with Crippen molar-refractivity contribution in [2.45, 2.75) is 19.4 Å². The van der Waals surface area contributed by atoms with E-state index in [2.05, 4.69) is 0 Å². The lowest BCUT2D eigenvalue weighted by Gasteiger charge is -2.24. The standard InChI is InChI=1S/C10H14N2O2/c1-2-9(10(13)14)12(11)8-6-4-3-5-7-8/h3-7,9H,2,11H2,1H3,(H,13,14). The van der Waals surface area contributed by atoms with E-state index in [-0.39, 0.29) is 0 Å². The first-order valence-corrected chi connectivity index (χ1v) is 4.48. The highest BCUT2D eigenvalue weighted by atomic mass is 16.4. The van der Waals surface area contributed by atoms with Gasteiger partial charge in [-0.05, 0) is 18.6 Å². The summed E-state index contributed by atoms with van der Waals surface area (Å²) in [4.78, 5) is 10.8. The Hall–Kier alpha value is -1.55. The second kappa shape index (κ2) is 4.62. The number of benzene rings is 1. The van der Waals surface area contributed by atoms with Crippen molar-refractivity contribution < 1.29 is 9.90 Å². The van der Waals surface area contributed by atoms with Crippen LogP contribution in [0.25, 0.3) is 0 Å². The van der Waals surface area contributed by atoms with Crippen LogP contribution in [0.15, 0.2) is 30.3 Å². The van der Waals surface area contributed by atoms with E-state index in [0.717, 1.165) is 0 Å². The summed E-state index contributed by atoms with van der Waals surface area (Å²) in [5.74, 6) is 4.80. The minimum Gasteiger partial charge on any atom is -0.480 e. The molecule has 0 bridgehead atoms. The Labute approximate surface area is 82.9 Å². The molecule has 0 radical (unpaired) electrons. The van der Waals surface area contributed by atoms with Crippen molar-refractivity contribution >= 4 is 11.7 Å². The molecule has 4 heteroatoms.